The molecule has 9 aromatic carbocycles. The fourth-order valence-electron chi connectivity index (χ4n) is 18.0. The number of ether oxygens (including phenoxy) is 8. The molecule has 0 radical (unpaired) electrons. The van der Waals surface area contributed by atoms with Gasteiger partial charge in [0.25, 0.3) is 0 Å². The molecule has 0 spiro atoms. The Labute approximate surface area is 867 Å². The number of fused-ring (bicyclic) bond motifs is 4. The number of anilines is 9. The zero-order valence-corrected chi connectivity index (χ0v) is 85.9. The van der Waals surface area contributed by atoms with Crippen molar-refractivity contribution in [2.45, 2.75) is 44.3 Å². The van der Waals surface area contributed by atoms with E-state index in [9.17, 15) is 13.2 Å². The normalized spacial score (nSPS) is 13.3. The Hall–Kier alpha value is -17.8. The van der Waals surface area contributed by atoms with Crippen LogP contribution in [0.5, 0.6) is 46.0 Å². The van der Waals surface area contributed by atoms with E-state index < -0.39 is 12.7 Å². The second kappa shape index (κ2) is 46.7. The van der Waals surface area contributed by atoms with Crippen molar-refractivity contribution in [3.05, 3.63) is 310 Å². The van der Waals surface area contributed by atoms with Gasteiger partial charge in [-0.25, -0.2) is 24.9 Å². The zero-order valence-electron chi connectivity index (χ0n) is 85.9. The van der Waals surface area contributed by atoms with E-state index in [-0.39, 0.29) is 5.92 Å². The monoisotopic (exact) mass is 2020 g/mol. The van der Waals surface area contributed by atoms with Crippen LogP contribution in [0.3, 0.4) is 0 Å². The van der Waals surface area contributed by atoms with Gasteiger partial charge in [-0.05, 0) is 153 Å². The molecule has 1 aliphatic heterocycles. The van der Waals surface area contributed by atoms with Gasteiger partial charge in [-0.3, -0.25) is 48.5 Å². The van der Waals surface area contributed by atoms with Crippen molar-refractivity contribution < 1.29 is 51.1 Å². The van der Waals surface area contributed by atoms with Crippen LogP contribution in [0.4, 0.5) is 64.5 Å². The lowest BCUT2D eigenvalue weighted by molar-refractivity contribution is -0.148. The van der Waals surface area contributed by atoms with E-state index in [2.05, 4.69) is 113 Å². The van der Waals surface area contributed by atoms with E-state index >= 15 is 0 Å². The Balaban J connectivity index is 0.000000131. The Kier molecular flexibility index (Phi) is 31.8. The van der Waals surface area contributed by atoms with E-state index in [1.165, 1.54) is 4.90 Å². The van der Waals surface area contributed by atoms with Crippen LogP contribution >= 0.6 is 0 Å². The van der Waals surface area contributed by atoms with Crippen LogP contribution in [0.25, 0.3) is 89.2 Å². The smallest absolute Gasteiger partial charge is 0.401 e. The summed E-state index contributed by atoms with van der Waals surface area (Å²) in [6.07, 6.45) is 22.7. The highest BCUT2D eigenvalue weighted by atomic mass is 19.4. The lowest BCUT2D eigenvalue weighted by Gasteiger charge is -2.36. The summed E-state index contributed by atoms with van der Waals surface area (Å²) < 4.78 is 90.1. The van der Waals surface area contributed by atoms with E-state index in [4.69, 9.17) is 62.8 Å². The molecule has 1 aliphatic carbocycles. The first-order valence-corrected chi connectivity index (χ1v) is 48.8. The Bertz CT molecular complexity index is 7880. The van der Waals surface area contributed by atoms with Gasteiger partial charge >= 0.3 is 6.18 Å². The van der Waals surface area contributed by atoms with Crippen LogP contribution in [0, 0.1) is 23.7 Å². The fourth-order valence-corrected chi connectivity index (χ4v) is 18.0. The molecule has 1 saturated carbocycles. The Morgan fingerprint density at radius 2 is 0.727 bits per heavy atom. The van der Waals surface area contributed by atoms with Gasteiger partial charge in [-0.2, -0.15) is 33.6 Å². The third kappa shape index (κ3) is 25.5. The van der Waals surface area contributed by atoms with Crippen LogP contribution < -0.4 is 62.4 Å². The summed E-state index contributed by atoms with van der Waals surface area (Å²) in [6, 6.07) is 69.9. The molecule has 19 aromatic rings. The topological polar surface area (TPSA) is 293 Å². The molecule has 2 fully saturated rings. The minimum atomic E-state index is -4.18. The van der Waals surface area contributed by atoms with E-state index in [1.807, 2.05) is 254 Å². The average Bonchev–Trinajstić information content (AvgIpc) is 1.63. The van der Waals surface area contributed by atoms with Gasteiger partial charge in [0.05, 0.1) is 192 Å². The molecule has 11 heterocycles. The number of benzene rings is 9. The number of piperidine rings is 1. The third-order valence-electron chi connectivity index (χ3n) is 25.9. The average molecular weight is 2020 g/mol. The standard InChI is InChI=1S/C30H27N5O2.C29H28N6O2.C28H31F3N6O2.C28H29N7O2/c1-34-21-23(19-32-34)30-20-31-28-13-12-24(17-29(28)33-30)35(14-8-7-11-22-9-5-4-6-10-22)25-15-26(36-2)18-27(16-25)37-3;1-34-17-20(15-32-34)29-16-31-27-8-7-21(13-28(27)33-29)35(22-11-23(36-2)14-24(12-22)37-3)18-19-10-25(19)26-6-4-5-9-30-26;1-35-17-20(14-33-35)27-15-32-25-5-4-21(12-26(25)34-27)37(22-10-23(38-2)13-24(11-22)39-3)16-19-6-8-36(9-7-19)18-28(29,30)31;1-33(2)28-8-6-7-20(31-28)18-35(22-11-23(36-4)14-24(12-22)37-5)21-9-10-25-26(13-21)32-27(16-29-25)19-15-30-34(3)17-19/h4-6,9-10,12-13,15-21H,8,14H2,1-3H3;4-9,11-17,19,25H,10,18H2,1-3H3;4-5,10-15,17,19H,6-9,16,18H2,1-3H3;6-17H,18H2,1-5H3/t;19-,25+;;/m.0../s1. The van der Waals surface area contributed by atoms with Crippen LogP contribution in [-0.4, -0.2) is 210 Å². The molecule has 0 amide bonds. The fraction of sp³-hybridized carbons (Fsp3) is 0.252. The van der Waals surface area contributed by atoms with Crippen LogP contribution in [0.2, 0.25) is 0 Å². The van der Waals surface area contributed by atoms with Gasteiger partial charge in [-0.1, -0.05) is 42.2 Å². The summed E-state index contributed by atoms with van der Waals surface area (Å²) in [7, 11) is 24.6. The van der Waals surface area contributed by atoms with Gasteiger partial charge in [0.2, 0.25) is 0 Å². The number of methoxy groups -OCH3 is 8. The summed E-state index contributed by atoms with van der Waals surface area (Å²) in [5.41, 5.74) is 23.7. The van der Waals surface area contributed by atoms with Gasteiger partial charge in [0.1, 0.15) is 51.8 Å². The van der Waals surface area contributed by atoms with Crippen molar-refractivity contribution in [2.75, 3.05) is 135 Å². The number of alkyl halides is 3. The number of aryl methyl sites for hydroxylation is 4. The van der Waals surface area contributed by atoms with Crippen molar-refractivity contribution in [1.29, 1.82) is 0 Å². The lowest BCUT2D eigenvalue weighted by atomic mass is 9.95. The summed E-state index contributed by atoms with van der Waals surface area (Å²) in [5, 5.41) is 17.0. The first-order valence-electron chi connectivity index (χ1n) is 48.8. The molecule has 0 N–H and O–H groups in total. The lowest BCUT2D eigenvalue weighted by Crippen LogP contribution is -2.42. The largest absolute Gasteiger partial charge is 0.497 e. The maximum absolute atomic E-state index is 12.9. The highest BCUT2D eigenvalue weighted by Gasteiger charge is 2.41. The van der Waals surface area contributed by atoms with Crippen LogP contribution in [0.15, 0.2) is 293 Å². The molecule has 32 nitrogen and oxygen atoms in total. The van der Waals surface area contributed by atoms with E-state index in [0.29, 0.717) is 98.3 Å². The molecule has 150 heavy (non-hydrogen) atoms. The molecule has 764 valence electrons. The number of likely N-dealkylation sites (tertiary alicyclic amines) is 1. The number of hydrogen-bond acceptors (Lipinski definition) is 28. The number of halogens is 3. The quantitative estimate of drug-likeness (QED) is 0.0365. The molecule has 0 unspecified atom stereocenters. The molecule has 2 atom stereocenters. The molecular formula is C115H115F3N24O8. The SMILES string of the molecule is COc1cc(OC)cc(N(CC2CCN(CC(F)(F)F)CC2)c2ccc3ncc(-c4cnn(C)c4)nc3c2)c1.COc1cc(OC)cc(N(CCC#Cc2ccccc2)c2ccc3ncc(-c4cnn(C)c4)nc3c2)c1.COc1cc(OC)cc(N(C[C@@H]2C[C@H]2c2ccccn2)c2ccc3ncc(-c4cnn(C)c4)nc3c2)c1.COc1cc(OC)cc(N(Cc2cccc(N(C)C)n2)c2ccc3ncc(-c4cnn(C)c4)nc3c2)c1. The maximum Gasteiger partial charge on any atom is 0.401 e. The Morgan fingerprint density at radius 1 is 0.360 bits per heavy atom. The van der Waals surface area contributed by atoms with Crippen molar-refractivity contribution in [1.82, 2.24) is 93.9 Å². The van der Waals surface area contributed by atoms with E-state index in [1.54, 1.807) is 125 Å². The number of nitrogens with zero attached hydrogens (tertiary/aromatic N) is 24. The second-order valence-electron chi connectivity index (χ2n) is 36.6. The molecule has 0 bridgehead atoms. The van der Waals surface area contributed by atoms with Crippen LogP contribution in [-0.2, 0) is 34.7 Å². The summed E-state index contributed by atoms with van der Waals surface area (Å²) in [6.45, 7) is 2.61. The van der Waals surface area contributed by atoms with Gasteiger partial charge in [0.15, 0.2) is 0 Å². The first kappa shape index (κ1) is 102. The summed E-state index contributed by atoms with van der Waals surface area (Å²) in [5.74, 6) is 14.2. The van der Waals surface area contributed by atoms with Gasteiger partial charge < -0.3 is 62.4 Å². The maximum atomic E-state index is 12.9. The number of hydrogen-bond donors (Lipinski definition) is 0. The van der Waals surface area contributed by atoms with Crippen LogP contribution in [0.1, 0.15) is 48.6 Å². The number of aromatic nitrogens is 18. The molecule has 2 aliphatic rings. The summed E-state index contributed by atoms with van der Waals surface area (Å²) in [4.78, 5) is 59.8. The number of rotatable bonds is 31. The molecule has 1 saturated heterocycles. The third-order valence-corrected chi connectivity index (χ3v) is 25.9. The molecule has 21 rings (SSSR count). The van der Waals surface area contributed by atoms with Crippen molar-refractivity contribution in [3.63, 3.8) is 0 Å². The van der Waals surface area contributed by atoms with E-state index in [0.717, 1.165) is 182 Å². The van der Waals surface area contributed by atoms with Gasteiger partial charge in [0, 0.05) is 257 Å². The highest BCUT2D eigenvalue weighted by Crippen LogP contribution is 2.50. The predicted octanol–water partition coefficient (Wildman–Crippen LogP) is 21.3. The molecule has 10 aromatic heterocycles. The minimum absolute atomic E-state index is 0.204. The van der Waals surface area contributed by atoms with Crippen molar-refractivity contribution >= 4 is 95.5 Å². The zero-order chi connectivity index (χ0) is 104. The van der Waals surface area contributed by atoms with Gasteiger partial charge in [-0.15, -0.1) is 0 Å². The Morgan fingerprint density at radius 3 is 1.09 bits per heavy atom. The highest BCUT2D eigenvalue weighted by molar-refractivity contribution is 5.88. The number of pyridine rings is 2. The molecule has 35 heteroatoms. The predicted molar refractivity (Wildman–Crippen MR) is 579 cm³/mol. The minimum Gasteiger partial charge on any atom is -0.497 e. The summed E-state index contributed by atoms with van der Waals surface area (Å²) >= 11 is 0. The van der Waals surface area contributed by atoms with Crippen molar-refractivity contribution in [2.24, 2.45) is 40.0 Å². The first-order chi connectivity index (χ1) is 72.9. The molecular weight excluding hydrogens is 1900 g/mol. The second-order valence-corrected chi connectivity index (χ2v) is 36.6. The van der Waals surface area contributed by atoms with Crippen molar-refractivity contribution in [3.8, 4) is 103 Å².